The van der Waals surface area contributed by atoms with Gasteiger partial charge in [0.1, 0.15) is 25.4 Å². The van der Waals surface area contributed by atoms with Crippen molar-refractivity contribution in [3.8, 4) is 17.6 Å². The van der Waals surface area contributed by atoms with Crippen molar-refractivity contribution in [1.29, 1.82) is 5.26 Å². The van der Waals surface area contributed by atoms with E-state index in [9.17, 15) is 9.90 Å². The number of hydrogen-bond acceptors (Lipinski definition) is 7. The van der Waals surface area contributed by atoms with Crippen LogP contribution in [0.25, 0.3) is 0 Å². The predicted molar refractivity (Wildman–Crippen MR) is 128 cm³/mol. The summed E-state index contributed by atoms with van der Waals surface area (Å²) in [5, 5.41) is 19.9. The number of ether oxygens (including phenoxy) is 3. The number of carbonyl (C=O) groups excluding carboxylic acids is 1. The van der Waals surface area contributed by atoms with Gasteiger partial charge in [0, 0.05) is 19.2 Å². The fraction of sp³-hybridized carbons (Fsp3) is 0.481. The Hall–Kier alpha value is -3.28. The lowest BCUT2D eigenvalue weighted by Gasteiger charge is -2.36. The topological polar surface area (TPSA) is 95.3 Å². The van der Waals surface area contributed by atoms with E-state index in [-0.39, 0.29) is 24.8 Å². The zero-order valence-corrected chi connectivity index (χ0v) is 19.7. The highest BCUT2D eigenvalue weighted by molar-refractivity contribution is 5.70. The first kappa shape index (κ1) is 23.5. The van der Waals surface area contributed by atoms with Gasteiger partial charge in [-0.2, -0.15) is 5.26 Å². The first-order valence-electron chi connectivity index (χ1n) is 12.3. The first-order chi connectivity index (χ1) is 17.1. The molecule has 5 rings (SSSR count). The third-order valence-corrected chi connectivity index (χ3v) is 7.26. The minimum Gasteiger partial charge on any atom is -0.486 e. The monoisotopic (exact) mass is 477 g/mol. The van der Waals surface area contributed by atoms with Gasteiger partial charge in [0.05, 0.1) is 17.7 Å². The van der Waals surface area contributed by atoms with E-state index in [1.807, 2.05) is 30.3 Å². The number of carbonyl (C=O) groups is 1. The second-order valence-corrected chi connectivity index (χ2v) is 9.55. The van der Waals surface area contributed by atoms with Crippen LogP contribution in [0, 0.1) is 17.2 Å². The average molecular weight is 478 g/mol. The Labute approximate surface area is 205 Å². The standard InChI is InChI=1S/C27H31N3O5/c28-15-20-6-7-24-25(14-20)35-22(17-33-24)16-29-11-8-19(9-12-29)10-13-30-23(18-34-27(30)32)26(31)21-4-2-1-3-5-21/h1-7,14,19,22-23,26,31H,8-13,16-18H2/t22-,23-,26?/m0/s1. The minimum atomic E-state index is -0.753. The average Bonchev–Trinajstić information content (AvgIpc) is 3.28. The van der Waals surface area contributed by atoms with E-state index >= 15 is 0 Å². The number of aliphatic hydroxyl groups excluding tert-OH is 1. The Kier molecular flexibility index (Phi) is 7.07. The molecule has 184 valence electrons. The van der Waals surface area contributed by atoms with Gasteiger partial charge in [-0.1, -0.05) is 30.3 Å². The lowest BCUT2D eigenvalue weighted by atomic mass is 9.92. The summed E-state index contributed by atoms with van der Waals surface area (Å²) >= 11 is 0. The van der Waals surface area contributed by atoms with E-state index in [0.717, 1.165) is 44.5 Å². The number of fused-ring (bicyclic) bond motifs is 1. The smallest absolute Gasteiger partial charge is 0.410 e. The molecule has 3 heterocycles. The van der Waals surface area contributed by atoms with E-state index in [0.29, 0.717) is 36.1 Å². The molecule has 2 aromatic rings. The largest absolute Gasteiger partial charge is 0.486 e. The highest BCUT2D eigenvalue weighted by Crippen LogP contribution is 2.33. The molecule has 2 saturated heterocycles. The van der Waals surface area contributed by atoms with Crippen LogP contribution >= 0.6 is 0 Å². The first-order valence-corrected chi connectivity index (χ1v) is 12.3. The van der Waals surface area contributed by atoms with E-state index < -0.39 is 6.10 Å². The number of likely N-dealkylation sites (tertiary alicyclic amines) is 1. The summed E-state index contributed by atoms with van der Waals surface area (Å²) in [5.41, 5.74) is 1.36. The maximum atomic E-state index is 12.3. The molecule has 0 radical (unpaired) electrons. The van der Waals surface area contributed by atoms with Gasteiger partial charge in [-0.15, -0.1) is 0 Å². The number of rotatable bonds is 7. The highest BCUT2D eigenvalue weighted by atomic mass is 16.6. The van der Waals surface area contributed by atoms with E-state index in [2.05, 4.69) is 11.0 Å². The fourth-order valence-electron chi connectivity index (χ4n) is 5.20. The minimum absolute atomic E-state index is 0.0624. The van der Waals surface area contributed by atoms with Crippen LogP contribution in [0.4, 0.5) is 4.79 Å². The number of piperidine rings is 1. The van der Waals surface area contributed by atoms with Crippen molar-refractivity contribution in [3.05, 3.63) is 59.7 Å². The number of aliphatic hydroxyl groups is 1. The van der Waals surface area contributed by atoms with Crippen LogP contribution in [0.5, 0.6) is 11.5 Å². The van der Waals surface area contributed by atoms with Gasteiger partial charge in [-0.3, -0.25) is 9.80 Å². The van der Waals surface area contributed by atoms with Gasteiger partial charge in [-0.25, -0.2) is 4.79 Å². The van der Waals surface area contributed by atoms with Crippen molar-refractivity contribution in [2.75, 3.05) is 39.4 Å². The second kappa shape index (κ2) is 10.5. The van der Waals surface area contributed by atoms with Crippen molar-refractivity contribution in [1.82, 2.24) is 9.80 Å². The van der Waals surface area contributed by atoms with Crippen LogP contribution in [0.15, 0.2) is 48.5 Å². The zero-order chi connectivity index (χ0) is 24.2. The van der Waals surface area contributed by atoms with Crippen molar-refractivity contribution >= 4 is 6.09 Å². The number of amides is 1. The molecule has 1 amide bonds. The van der Waals surface area contributed by atoms with Gasteiger partial charge >= 0.3 is 6.09 Å². The number of nitriles is 1. The predicted octanol–water partition coefficient (Wildman–Crippen LogP) is 3.35. The maximum Gasteiger partial charge on any atom is 0.410 e. The molecule has 0 saturated carbocycles. The van der Waals surface area contributed by atoms with Crippen molar-refractivity contribution in [2.45, 2.75) is 37.5 Å². The number of benzene rings is 2. The molecule has 3 aliphatic rings. The molecule has 3 atom stereocenters. The molecular formula is C27H31N3O5. The summed E-state index contributed by atoms with van der Waals surface area (Å²) in [6, 6.07) is 16.5. The summed E-state index contributed by atoms with van der Waals surface area (Å²) in [6.07, 6.45) is 1.85. The van der Waals surface area contributed by atoms with Crippen LogP contribution in [0.1, 0.15) is 36.5 Å². The molecule has 1 N–H and O–H groups in total. The Morgan fingerprint density at radius 1 is 1.06 bits per heavy atom. The quantitative estimate of drug-likeness (QED) is 0.653. The van der Waals surface area contributed by atoms with E-state index in [4.69, 9.17) is 19.5 Å². The summed E-state index contributed by atoms with van der Waals surface area (Å²) in [4.78, 5) is 16.4. The summed E-state index contributed by atoms with van der Waals surface area (Å²) in [7, 11) is 0. The number of hydrogen-bond donors (Lipinski definition) is 1. The van der Waals surface area contributed by atoms with Crippen molar-refractivity contribution in [2.24, 2.45) is 5.92 Å². The molecule has 0 aromatic heterocycles. The molecule has 2 fully saturated rings. The molecule has 2 aromatic carbocycles. The molecule has 0 bridgehead atoms. The van der Waals surface area contributed by atoms with Gasteiger partial charge in [0.25, 0.3) is 0 Å². The molecule has 1 unspecified atom stereocenters. The molecule has 8 nitrogen and oxygen atoms in total. The fourth-order valence-corrected chi connectivity index (χ4v) is 5.20. The van der Waals surface area contributed by atoms with Gasteiger partial charge in [0.15, 0.2) is 11.5 Å². The van der Waals surface area contributed by atoms with Crippen molar-refractivity contribution in [3.63, 3.8) is 0 Å². The van der Waals surface area contributed by atoms with Crippen LogP contribution in [0.2, 0.25) is 0 Å². The zero-order valence-electron chi connectivity index (χ0n) is 19.7. The molecule has 0 spiro atoms. The lowest BCUT2D eigenvalue weighted by Crippen LogP contribution is -2.44. The third kappa shape index (κ3) is 5.37. The molecular weight excluding hydrogens is 446 g/mol. The summed E-state index contributed by atoms with van der Waals surface area (Å²) in [5.74, 6) is 1.85. The molecule has 35 heavy (non-hydrogen) atoms. The van der Waals surface area contributed by atoms with E-state index in [1.54, 1.807) is 23.1 Å². The van der Waals surface area contributed by atoms with Crippen LogP contribution in [0.3, 0.4) is 0 Å². The van der Waals surface area contributed by atoms with Gasteiger partial charge in [-0.05, 0) is 56.0 Å². The SMILES string of the molecule is N#Cc1ccc2c(c1)O[C@@H](CN1CCC(CCN3C(=O)OC[C@H]3C(O)c3ccccc3)CC1)CO2. The van der Waals surface area contributed by atoms with Crippen LogP contribution in [-0.4, -0.2) is 72.5 Å². The van der Waals surface area contributed by atoms with Crippen LogP contribution < -0.4 is 9.47 Å². The summed E-state index contributed by atoms with van der Waals surface area (Å²) < 4.78 is 17.2. The molecule has 0 aliphatic carbocycles. The Morgan fingerprint density at radius 3 is 2.63 bits per heavy atom. The van der Waals surface area contributed by atoms with Gasteiger partial charge in [0.2, 0.25) is 0 Å². The highest BCUT2D eigenvalue weighted by Gasteiger charge is 2.38. The Bertz CT molecular complexity index is 1060. The second-order valence-electron chi connectivity index (χ2n) is 9.55. The van der Waals surface area contributed by atoms with E-state index in [1.165, 1.54) is 0 Å². The van der Waals surface area contributed by atoms with Gasteiger partial charge < -0.3 is 19.3 Å². The number of cyclic esters (lactones) is 1. The van der Waals surface area contributed by atoms with Crippen molar-refractivity contribution < 1.29 is 24.1 Å². The Balaban J connectivity index is 1.08. The Morgan fingerprint density at radius 2 is 1.86 bits per heavy atom. The van der Waals surface area contributed by atoms with Crippen LogP contribution in [-0.2, 0) is 4.74 Å². The molecule has 8 heteroatoms. The molecule has 3 aliphatic heterocycles. The normalized spacial score (nSPS) is 23.5. The summed E-state index contributed by atoms with van der Waals surface area (Å²) in [6.45, 7) is 4.03. The third-order valence-electron chi connectivity index (χ3n) is 7.26. The maximum absolute atomic E-state index is 12.3. The number of nitrogens with zero attached hydrogens (tertiary/aromatic N) is 3. The lowest BCUT2D eigenvalue weighted by molar-refractivity contribution is 0.0454.